The third kappa shape index (κ3) is 4.37. The van der Waals surface area contributed by atoms with Crippen LogP contribution in [0.25, 0.3) is 27.3 Å². The number of rotatable bonds is 6. The zero-order chi connectivity index (χ0) is 22.1. The molecule has 0 amide bonds. The number of carbonyl (C=O) groups is 1. The first-order chi connectivity index (χ1) is 15.5. The highest BCUT2D eigenvalue weighted by atomic mass is 32.1. The number of thiazole rings is 1. The van der Waals surface area contributed by atoms with Crippen LogP contribution in [0.3, 0.4) is 0 Å². The number of aromatic nitrogens is 3. The van der Waals surface area contributed by atoms with Crippen molar-refractivity contribution in [3.8, 4) is 0 Å². The number of aliphatic carboxylic acids is 1. The number of carboxylic acid groups (broad SMARTS) is 1. The number of aliphatic hydroxyl groups is 1. The van der Waals surface area contributed by atoms with Crippen molar-refractivity contribution in [1.82, 2.24) is 14.5 Å². The van der Waals surface area contributed by atoms with Crippen LogP contribution in [0.4, 0.5) is 5.13 Å². The SMILES string of the molecule is O=C(O)C=Cc1ccc2c(c1)ncn2Cc1ccc2nc(NC3CCCCC3O)sc2c1. The highest BCUT2D eigenvalue weighted by Crippen LogP contribution is 2.30. The summed E-state index contributed by atoms with van der Waals surface area (Å²) in [7, 11) is 0. The summed E-state index contributed by atoms with van der Waals surface area (Å²) in [5.41, 5.74) is 4.74. The minimum absolute atomic E-state index is 0.0799. The molecule has 1 aliphatic rings. The molecule has 1 aliphatic carbocycles. The maximum absolute atomic E-state index is 10.7. The second-order valence-electron chi connectivity index (χ2n) is 8.22. The lowest BCUT2D eigenvalue weighted by Gasteiger charge is -2.27. The molecule has 1 saturated carbocycles. The van der Waals surface area contributed by atoms with Gasteiger partial charge < -0.3 is 20.1 Å². The van der Waals surface area contributed by atoms with Crippen LogP contribution in [-0.4, -0.2) is 42.9 Å². The molecule has 8 heteroatoms. The molecule has 3 N–H and O–H groups in total. The van der Waals surface area contributed by atoms with E-state index in [0.717, 1.165) is 69.3 Å². The fraction of sp³-hybridized carbons (Fsp3) is 0.292. The van der Waals surface area contributed by atoms with Crippen LogP contribution in [0.1, 0.15) is 36.8 Å². The molecule has 0 bridgehead atoms. The van der Waals surface area contributed by atoms with Crippen molar-refractivity contribution in [3.05, 3.63) is 59.9 Å². The summed E-state index contributed by atoms with van der Waals surface area (Å²) in [5.74, 6) is -0.970. The Bertz CT molecular complexity index is 1310. The van der Waals surface area contributed by atoms with Crippen molar-refractivity contribution in [2.24, 2.45) is 0 Å². The summed E-state index contributed by atoms with van der Waals surface area (Å²) in [5, 5.41) is 23.3. The van der Waals surface area contributed by atoms with Crippen LogP contribution in [0, 0.1) is 0 Å². The molecule has 0 spiro atoms. The van der Waals surface area contributed by atoms with Crippen molar-refractivity contribution < 1.29 is 15.0 Å². The van der Waals surface area contributed by atoms with E-state index in [1.54, 1.807) is 17.4 Å². The van der Waals surface area contributed by atoms with E-state index >= 15 is 0 Å². The number of imidazole rings is 1. The third-order valence-electron chi connectivity index (χ3n) is 5.91. The highest BCUT2D eigenvalue weighted by molar-refractivity contribution is 7.22. The number of carboxylic acids is 1. The standard InChI is InChI=1S/C24H24N4O3S/c29-21-4-2-1-3-17(21)26-24-27-18-8-5-16(12-22(18)32-24)13-28-14-25-19-11-15(6-9-20(19)28)7-10-23(30)31/h5-12,14,17,21,29H,1-4,13H2,(H,26,27)(H,30,31). The Hall–Kier alpha value is -3.23. The number of hydrogen-bond donors (Lipinski definition) is 3. The van der Waals surface area contributed by atoms with Crippen LogP contribution in [0.2, 0.25) is 0 Å². The first-order valence-corrected chi connectivity index (χ1v) is 11.6. The summed E-state index contributed by atoms with van der Waals surface area (Å²) in [6, 6.07) is 12.1. The fourth-order valence-electron chi connectivity index (χ4n) is 4.24. The molecule has 4 aromatic rings. The quantitative estimate of drug-likeness (QED) is 0.375. The van der Waals surface area contributed by atoms with E-state index in [4.69, 9.17) is 10.1 Å². The largest absolute Gasteiger partial charge is 0.478 e. The number of anilines is 1. The minimum atomic E-state index is -0.970. The molecule has 0 radical (unpaired) electrons. The topological polar surface area (TPSA) is 100 Å². The fourth-order valence-corrected chi connectivity index (χ4v) is 5.23. The maximum atomic E-state index is 10.7. The van der Waals surface area contributed by atoms with Crippen molar-refractivity contribution in [2.75, 3.05) is 5.32 Å². The monoisotopic (exact) mass is 448 g/mol. The maximum Gasteiger partial charge on any atom is 0.328 e. The first-order valence-electron chi connectivity index (χ1n) is 10.8. The minimum Gasteiger partial charge on any atom is -0.478 e. The normalized spacial score (nSPS) is 19.2. The molecular formula is C24H24N4O3S. The molecule has 2 atom stereocenters. The summed E-state index contributed by atoms with van der Waals surface area (Å²) in [6.45, 7) is 0.679. The average Bonchev–Trinajstić information content (AvgIpc) is 3.37. The molecule has 0 aliphatic heterocycles. The zero-order valence-electron chi connectivity index (χ0n) is 17.4. The summed E-state index contributed by atoms with van der Waals surface area (Å²) in [4.78, 5) is 19.9. The predicted octanol–water partition coefficient (Wildman–Crippen LogP) is 4.51. The lowest BCUT2D eigenvalue weighted by atomic mass is 9.93. The number of hydrogen-bond acceptors (Lipinski definition) is 6. The summed E-state index contributed by atoms with van der Waals surface area (Å²) >= 11 is 1.62. The van der Waals surface area contributed by atoms with Gasteiger partial charge in [0.2, 0.25) is 0 Å². The highest BCUT2D eigenvalue weighted by Gasteiger charge is 2.23. The van der Waals surface area contributed by atoms with E-state index in [-0.39, 0.29) is 12.1 Å². The molecule has 0 saturated heterocycles. The zero-order valence-corrected chi connectivity index (χ0v) is 18.3. The Kier molecular flexibility index (Phi) is 5.63. The molecular weight excluding hydrogens is 424 g/mol. The van der Waals surface area contributed by atoms with E-state index in [1.165, 1.54) is 0 Å². The second-order valence-corrected chi connectivity index (χ2v) is 9.25. The van der Waals surface area contributed by atoms with Crippen molar-refractivity contribution in [2.45, 2.75) is 44.4 Å². The lowest BCUT2D eigenvalue weighted by molar-refractivity contribution is -0.131. The van der Waals surface area contributed by atoms with E-state index in [0.29, 0.717) is 6.54 Å². The van der Waals surface area contributed by atoms with Crippen LogP contribution in [0.15, 0.2) is 48.8 Å². The van der Waals surface area contributed by atoms with Gasteiger partial charge in [-0.2, -0.15) is 0 Å². The molecule has 1 fully saturated rings. The molecule has 2 aromatic carbocycles. The Morgan fingerprint density at radius 2 is 2.06 bits per heavy atom. The Balaban J connectivity index is 1.34. The van der Waals surface area contributed by atoms with Gasteiger partial charge in [-0.05, 0) is 54.3 Å². The van der Waals surface area contributed by atoms with Crippen molar-refractivity contribution in [1.29, 1.82) is 0 Å². The summed E-state index contributed by atoms with van der Waals surface area (Å²) < 4.78 is 3.19. The molecule has 2 heterocycles. The van der Waals surface area contributed by atoms with Crippen molar-refractivity contribution >= 4 is 49.8 Å². The Morgan fingerprint density at radius 1 is 1.19 bits per heavy atom. The van der Waals surface area contributed by atoms with Crippen LogP contribution in [-0.2, 0) is 11.3 Å². The second kappa shape index (κ2) is 8.72. The van der Waals surface area contributed by atoms with Gasteiger partial charge in [0, 0.05) is 12.6 Å². The summed E-state index contributed by atoms with van der Waals surface area (Å²) in [6.07, 6.45) is 8.25. The van der Waals surface area contributed by atoms with Crippen LogP contribution >= 0.6 is 11.3 Å². The van der Waals surface area contributed by atoms with E-state index in [1.807, 2.05) is 30.6 Å². The van der Waals surface area contributed by atoms with Gasteiger partial charge in [-0.3, -0.25) is 0 Å². The van der Waals surface area contributed by atoms with Gasteiger partial charge >= 0.3 is 5.97 Å². The van der Waals surface area contributed by atoms with Gasteiger partial charge in [-0.25, -0.2) is 14.8 Å². The smallest absolute Gasteiger partial charge is 0.328 e. The number of nitrogens with one attached hydrogen (secondary N) is 1. The number of aliphatic hydroxyl groups excluding tert-OH is 1. The number of benzene rings is 2. The lowest BCUT2D eigenvalue weighted by Crippen LogP contribution is -2.36. The average molecular weight is 449 g/mol. The van der Waals surface area contributed by atoms with E-state index in [9.17, 15) is 9.90 Å². The number of fused-ring (bicyclic) bond motifs is 2. The molecule has 32 heavy (non-hydrogen) atoms. The molecule has 2 unspecified atom stereocenters. The number of nitrogens with zero attached hydrogens (tertiary/aromatic N) is 3. The van der Waals surface area contributed by atoms with Crippen LogP contribution < -0.4 is 5.32 Å². The van der Waals surface area contributed by atoms with E-state index < -0.39 is 5.97 Å². The van der Waals surface area contributed by atoms with Gasteiger partial charge in [-0.15, -0.1) is 0 Å². The Morgan fingerprint density at radius 3 is 2.91 bits per heavy atom. The van der Waals surface area contributed by atoms with E-state index in [2.05, 4.69) is 27.0 Å². The molecule has 164 valence electrons. The van der Waals surface area contributed by atoms with Gasteiger partial charge in [-0.1, -0.05) is 36.3 Å². The predicted molar refractivity (Wildman–Crippen MR) is 127 cm³/mol. The van der Waals surface area contributed by atoms with Gasteiger partial charge in [0.25, 0.3) is 0 Å². The van der Waals surface area contributed by atoms with Gasteiger partial charge in [0.15, 0.2) is 5.13 Å². The third-order valence-corrected chi connectivity index (χ3v) is 6.86. The van der Waals surface area contributed by atoms with Gasteiger partial charge in [0.05, 0.1) is 39.7 Å². The van der Waals surface area contributed by atoms with Gasteiger partial charge in [0.1, 0.15) is 0 Å². The molecule has 2 aromatic heterocycles. The molecule has 5 rings (SSSR count). The molecule has 7 nitrogen and oxygen atoms in total. The Labute approximate surface area is 189 Å². The van der Waals surface area contributed by atoms with Crippen LogP contribution in [0.5, 0.6) is 0 Å². The first kappa shape index (κ1) is 20.7. The van der Waals surface area contributed by atoms with Crippen molar-refractivity contribution in [3.63, 3.8) is 0 Å².